The van der Waals surface area contributed by atoms with E-state index >= 15 is 0 Å². The van der Waals surface area contributed by atoms with E-state index in [-0.39, 0.29) is 11.7 Å². The highest BCUT2D eigenvalue weighted by Crippen LogP contribution is 2.19. The van der Waals surface area contributed by atoms with Gasteiger partial charge in [0.25, 0.3) is 5.91 Å². The number of benzene rings is 2. The molecule has 2 aromatic carbocycles. The second kappa shape index (κ2) is 7.06. The number of aromatic nitrogens is 2. The van der Waals surface area contributed by atoms with Crippen LogP contribution < -0.4 is 16.4 Å². The zero-order chi connectivity index (χ0) is 18.7. The predicted molar refractivity (Wildman–Crippen MR) is 95.9 cm³/mol. The summed E-state index contributed by atoms with van der Waals surface area (Å²) < 4.78 is 14.6. The minimum absolute atomic E-state index is 0.346. The first-order chi connectivity index (χ1) is 12.4. The van der Waals surface area contributed by atoms with Crippen LogP contribution in [0.4, 0.5) is 20.6 Å². The molecule has 0 saturated heterocycles. The molecule has 0 bridgehead atoms. The third kappa shape index (κ3) is 3.69. The molecule has 0 fully saturated rings. The van der Waals surface area contributed by atoms with Crippen LogP contribution >= 0.6 is 0 Å². The van der Waals surface area contributed by atoms with Crippen molar-refractivity contribution < 1.29 is 14.0 Å². The summed E-state index contributed by atoms with van der Waals surface area (Å²) in [5.41, 5.74) is 7.68. The van der Waals surface area contributed by atoms with E-state index in [1.165, 1.54) is 18.3 Å². The molecule has 0 saturated carbocycles. The van der Waals surface area contributed by atoms with E-state index in [1.54, 1.807) is 48.0 Å². The van der Waals surface area contributed by atoms with Crippen LogP contribution in [0.2, 0.25) is 0 Å². The molecule has 0 aliphatic rings. The van der Waals surface area contributed by atoms with Crippen molar-refractivity contribution in [3.8, 4) is 5.69 Å². The lowest BCUT2D eigenvalue weighted by Crippen LogP contribution is -2.19. The molecule has 1 aromatic heterocycles. The summed E-state index contributed by atoms with van der Waals surface area (Å²) in [5, 5.41) is 9.38. The van der Waals surface area contributed by atoms with Crippen LogP contribution in [0.1, 0.15) is 16.1 Å². The summed E-state index contributed by atoms with van der Waals surface area (Å²) in [6.07, 6.45) is 1.44. The van der Waals surface area contributed by atoms with E-state index in [0.29, 0.717) is 28.3 Å². The van der Waals surface area contributed by atoms with Gasteiger partial charge in [-0.05, 0) is 49.4 Å². The Labute approximate surface area is 148 Å². The molecule has 0 aliphatic carbocycles. The van der Waals surface area contributed by atoms with E-state index in [1.807, 2.05) is 0 Å². The first-order valence-corrected chi connectivity index (χ1v) is 7.72. The third-order valence-electron chi connectivity index (χ3n) is 3.71. The molecule has 0 radical (unpaired) electrons. The number of hydrogen-bond donors (Lipinski definition) is 3. The largest absolute Gasteiger partial charge is 0.351 e. The quantitative estimate of drug-likeness (QED) is 0.672. The smallest absolute Gasteiger partial charge is 0.316 e. The lowest BCUT2D eigenvalue weighted by atomic mass is 10.2. The van der Waals surface area contributed by atoms with E-state index in [9.17, 15) is 14.0 Å². The molecule has 3 aromatic rings. The number of rotatable bonds is 4. The monoisotopic (exact) mass is 353 g/mol. The van der Waals surface area contributed by atoms with Crippen LogP contribution in [-0.2, 0) is 0 Å². The van der Waals surface area contributed by atoms with Gasteiger partial charge in [0.1, 0.15) is 5.82 Å². The number of nitrogens with zero attached hydrogens (tertiary/aromatic N) is 2. The molecular weight excluding hydrogens is 337 g/mol. The second-order valence-corrected chi connectivity index (χ2v) is 5.56. The van der Waals surface area contributed by atoms with Crippen molar-refractivity contribution in [3.63, 3.8) is 0 Å². The molecule has 26 heavy (non-hydrogen) atoms. The normalized spacial score (nSPS) is 10.4. The fourth-order valence-electron chi connectivity index (χ4n) is 2.49. The maximum atomic E-state index is 13.1. The van der Waals surface area contributed by atoms with Crippen LogP contribution in [-0.4, -0.2) is 21.7 Å². The summed E-state index contributed by atoms with van der Waals surface area (Å²) >= 11 is 0. The lowest BCUT2D eigenvalue weighted by Gasteiger charge is -2.08. The third-order valence-corrected chi connectivity index (χ3v) is 3.71. The van der Waals surface area contributed by atoms with Gasteiger partial charge in [0.2, 0.25) is 0 Å². The Balaban J connectivity index is 1.81. The molecule has 0 atom stereocenters. The fourth-order valence-corrected chi connectivity index (χ4v) is 2.49. The highest BCUT2D eigenvalue weighted by Gasteiger charge is 2.15. The topological polar surface area (TPSA) is 102 Å². The van der Waals surface area contributed by atoms with Crippen molar-refractivity contribution in [2.24, 2.45) is 5.73 Å². The lowest BCUT2D eigenvalue weighted by molar-refractivity contribution is 0.102. The average molecular weight is 353 g/mol. The Morgan fingerprint density at radius 2 is 1.73 bits per heavy atom. The maximum absolute atomic E-state index is 13.1. The Morgan fingerprint density at radius 1 is 1.08 bits per heavy atom. The molecule has 0 spiro atoms. The van der Waals surface area contributed by atoms with Crippen molar-refractivity contribution in [3.05, 3.63) is 71.8 Å². The van der Waals surface area contributed by atoms with Crippen LogP contribution in [0.3, 0.4) is 0 Å². The number of urea groups is 1. The Morgan fingerprint density at radius 3 is 2.38 bits per heavy atom. The molecule has 1 heterocycles. The number of amides is 3. The number of carbonyl (C=O) groups is 2. The first kappa shape index (κ1) is 17.2. The summed E-state index contributed by atoms with van der Waals surface area (Å²) in [7, 11) is 0. The van der Waals surface area contributed by atoms with Crippen molar-refractivity contribution in [2.45, 2.75) is 6.92 Å². The second-order valence-electron chi connectivity index (χ2n) is 5.56. The Hall–Kier alpha value is -3.68. The van der Waals surface area contributed by atoms with Gasteiger partial charge in [-0.1, -0.05) is 6.07 Å². The minimum Gasteiger partial charge on any atom is -0.351 e. The summed E-state index contributed by atoms with van der Waals surface area (Å²) in [5.74, 6) is -0.701. The minimum atomic E-state index is -0.690. The van der Waals surface area contributed by atoms with Gasteiger partial charge in [0.05, 0.1) is 23.1 Å². The van der Waals surface area contributed by atoms with E-state index in [2.05, 4.69) is 15.7 Å². The SMILES string of the molecule is Cc1c(C(=O)Nc2cccc(NC(N)=O)c2)cnn1-c1ccc(F)cc1. The van der Waals surface area contributed by atoms with Gasteiger partial charge < -0.3 is 16.4 Å². The number of carbonyl (C=O) groups excluding carboxylic acids is 2. The zero-order valence-corrected chi connectivity index (χ0v) is 13.9. The van der Waals surface area contributed by atoms with Gasteiger partial charge >= 0.3 is 6.03 Å². The summed E-state index contributed by atoms with van der Waals surface area (Å²) in [4.78, 5) is 23.4. The molecule has 132 valence electrons. The number of nitrogens with one attached hydrogen (secondary N) is 2. The van der Waals surface area contributed by atoms with Crippen LogP contribution in [0.25, 0.3) is 5.69 Å². The number of halogens is 1. The fraction of sp³-hybridized carbons (Fsp3) is 0.0556. The van der Waals surface area contributed by atoms with Crippen LogP contribution in [0, 0.1) is 12.7 Å². The Bertz CT molecular complexity index is 966. The van der Waals surface area contributed by atoms with E-state index in [4.69, 9.17) is 5.73 Å². The van der Waals surface area contributed by atoms with Crippen molar-refractivity contribution in [2.75, 3.05) is 10.6 Å². The molecule has 8 heteroatoms. The molecular formula is C18H16FN5O2. The van der Waals surface area contributed by atoms with Gasteiger partial charge in [-0.25, -0.2) is 13.9 Å². The van der Waals surface area contributed by atoms with Gasteiger partial charge in [-0.2, -0.15) is 5.10 Å². The number of anilines is 2. The average Bonchev–Trinajstić information content (AvgIpc) is 2.97. The van der Waals surface area contributed by atoms with Crippen LogP contribution in [0.5, 0.6) is 0 Å². The van der Waals surface area contributed by atoms with Gasteiger partial charge in [-0.3, -0.25) is 4.79 Å². The van der Waals surface area contributed by atoms with Crippen LogP contribution in [0.15, 0.2) is 54.7 Å². The molecule has 3 rings (SSSR count). The number of primary amides is 1. The van der Waals surface area contributed by atoms with Gasteiger partial charge in [0, 0.05) is 11.4 Å². The molecule has 0 unspecified atom stereocenters. The Kier molecular flexibility index (Phi) is 4.66. The van der Waals surface area contributed by atoms with E-state index in [0.717, 1.165) is 0 Å². The molecule has 7 nitrogen and oxygen atoms in total. The standard InChI is InChI=1S/C18H16FN5O2/c1-11-16(10-21-24(11)15-7-5-12(19)6-8-15)17(25)22-13-3-2-4-14(9-13)23-18(20)26/h2-10H,1H3,(H,22,25)(H3,20,23,26). The van der Waals surface area contributed by atoms with Gasteiger partial charge in [0.15, 0.2) is 0 Å². The summed E-state index contributed by atoms with van der Waals surface area (Å²) in [6, 6.07) is 11.7. The van der Waals surface area contributed by atoms with Crippen molar-refractivity contribution >= 4 is 23.3 Å². The molecule has 3 amide bonds. The maximum Gasteiger partial charge on any atom is 0.316 e. The highest BCUT2D eigenvalue weighted by molar-refractivity contribution is 6.05. The zero-order valence-electron chi connectivity index (χ0n) is 13.9. The number of nitrogens with two attached hydrogens (primary N) is 1. The molecule has 0 aliphatic heterocycles. The van der Waals surface area contributed by atoms with Crippen molar-refractivity contribution in [1.82, 2.24) is 9.78 Å². The predicted octanol–water partition coefficient (Wildman–Crippen LogP) is 3.06. The summed E-state index contributed by atoms with van der Waals surface area (Å²) in [6.45, 7) is 1.75. The van der Waals surface area contributed by atoms with Crippen molar-refractivity contribution in [1.29, 1.82) is 0 Å². The first-order valence-electron chi connectivity index (χ1n) is 7.72. The van der Waals surface area contributed by atoms with E-state index < -0.39 is 6.03 Å². The highest BCUT2D eigenvalue weighted by atomic mass is 19.1. The number of hydrogen-bond acceptors (Lipinski definition) is 3. The molecule has 4 N–H and O–H groups in total. The van der Waals surface area contributed by atoms with Gasteiger partial charge in [-0.15, -0.1) is 0 Å².